The van der Waals surface area contributed by atoms with E-state index >= 15 is 0 Å². The maximum Gasteiger partial charge on any atom is 0.311 e. The van der Waals surface area contributed by atoms with Gasteiger partial charge in [-0.15, -0.1) is 0 Å². The molecule has 2 aliphatic carbocycles. The van der Waals surface area contributed by atoms with Crippen LogP contribution in [0.4, 0.5) is 0 Å². The number of hydrogen-bond acceptors (Lipinski definition) is 3. The minimum absolute atomic E-state index is 0.00596. The number of carbonyl (C=O) groups is 1. The number of carbonyl (C=O) groups excluding carboxylic acids is 1. The first kappa shape index (κ1) is 17.5. The van der Waals surface area contributed by atoms with Crippen LogP contribution in [0.1, 0.15) is 50.7 Å². The minimum atomic E-state index is 0.00596. The molecule has 3 heteroatoms. The van der Waals surface area contributed by atoms with Gasteiger partial charge in [0.2, 0.25) is 0 Å². The Labute approximate surface area is 162 Å². The van der Waals surface area contributed by atoms with Gasteiger partial charge in [-0.3, -0.25) is 9.69 Å². The molecule has 5 rings (SSSR count). The third-order valence-electron chi connectivity index (χ3n) is 7.75. The van der Waals surface area contributed by atoms with Gasteiger partial charge in [0.1, 0.15) is 6.10 Å². The summed E-state index contributed by atoms with van der Waals surface area (Å²) in [7, 11) is 0. The van der Waals surface area contributed by atoms with Crippen molar-refractivity contribution in [3.8, 4) is 0 Å². The zero-order valence-electron chi connectivity index (χ0n) is 16.6. The summed E-state index contributed by atoms with van der Waals surface area (Å²) in [4.78, 5) is 15.2. The van der Waals surface area contributed by atoms with Crippen molar-refractivity contribution in [2.45, 2.75) is 58.6 Å². The van der Waals surface area contributed by atoms with Gasteiger partial charge in [0, 0.05) is 25.6 Å². The second kappa shape index (κ2) is 6.48. The van der Waals surface area contributed by atoms with E-state index in [1.807, 2.05) is 0 Å². The number of benzene rings is 1. The standard InChI is InChI=1S/C24H31NO2/c1-16-6-5-10-24(2)13-22-19(12-21(16)24)20(23(26)27-22)15-25-11-9-17-7-3-4-8-18(17)14-25/h3-4,7-8,12,16,19-20,22H,5-6,9-11,13-15H2,1-2H3/t16-,19-,20+,22-,24-/m1/s1. The van der Waals surface area contributed by atoms with E-state index in [0.29, 0.717) is 5.92 Å². The van der Waals surface area contributed by atoms with E-state index in [1.54, 1.807) is 5.57 Å². The minimum Gasteiger partial charge on any atom is -0.461 e. The molecule has 0 bridgehead atoms. The van der Waals surface area contributed by atoms with Gasteiger partial charge in [-0.05, 0) is 48.1 Å². The van der Waals surface area contributed by atoms with Gasteiger partial charge in [0.05, 0.1) is 5.92 Å². The van der Waals surface area contributed by atoms with Gasteiger partial charge in [0.15, 0.2) is 0 Å². The monoisotopic (exact) mass is 365 g/mol. The summed E-state index contributed by atoms with van der Waals surface area (Å²) in [6.07, 6.45) is 8.53. The first-order valence-electron chi connectivity index (χ1n) is 10.8. The molecule has 0 N–H and O–H groups in total. The van der Waals surface area contributed by atoms with Crippen LogP contribution in [-0.2, 0) is 22.5 Å². The Morgan fingerprint density at radius 2 is 2.07 bits per heavy atom. The molecule has 2 fully saturated rings. The van der Waals surface area contributed by atoms with Gasteiger partial charge in [-0.25, -0.2) is 0 Å². The number of fused-ring (bicyclic) bond motifs is 3. The highest BCUT2D eigenvalue weighted by molar-refractivity contribution is 5.76. The van der Waals surface area contributed by atoms with E-state index in [2.05, 4.69) is 49.1 Å². The fraction of sp³-hybridized carbons (Fsp3) is 0.625. The van der Waals surface area contributed by atoms with Gasteiger partial charge >= 0.3 is 5.97 Å². The highest BCUT2D eigenvalue weighted by Crippen LogP contribution is 2.54. The molecule has 144 valence electrons. The number of ether oxygens (including phenoxy) is 1. The molecule has 0 amide bonds. The molecule has 5 atom stereocenters. The van der Waals surface area contributed by atoms with Crippen LogP contribution in [0.3, 0.4) is 0 Å². The summed E-state index contributed by atoms with van der Waals surface area (Å²) >= 11 is 0. The highest BCUT2D eigenvalue weighted by Gasteiger charge is 2.52. The molecule has 1 aromatic carbocycles. The van der Waals surface area contributed by atoms with Crippen LogP contribution in [-0.4, -0.2) is 30.1 Å². The fourth-order valence-electron chi connectivity index (χ4n) is 6.25. The second-order valence-electron chi connectivity index (χ2n) is 9.59. The zero-order chi connectivity index (χ0) is 18.6. The van der Waals surface area contributed by atoms with E-state index in [1.165, 1.54) is 30.4 Å². The summed E-state index contributed by atoms with van der Waals surface area (Å²) in [5, 5.41) is 0. The summed E-state index contributed by atoms with van der Waals surface area (Å²) in [5.41, 5.74) is 4.74. The maximum absolute atomic E-state index is 12.8. The molecule has 27 heavy (non-hydrogen) atoms. The lowest BCUT2D eigenvalue weighted by molar-refractivity contribution is -0.145. The van der Waals surface area contributed by atoms with Crippen molar-refractivity contribution in [3.05, 3.63) is 47.0 Å². The number of esters is 1. The van der Waals surface area contributed by atoms with Crippen molar-refractivity contribution in [3.63, 3.8) is 0 Å². The van der Waals surface area contributed by atoms with Crippen LogP contribution >= 0.6 is 0 Å². The normalized spacial score (nSPS) is 38.4. The SMILES string of the molecule is C[C@@H]1CCC[C@]2(C)C[C@H]3OC(=O)[C@@H](CN4CCc5ccccc5C4)[C@H]3C=C12. The molecule has 0 spiro atoms. The van der Waals surface area contributed by atoms with Crippen LogP contribution in [0.15, 0.2) is 35.9 Å². The molecule has 1 saturated heterocycles. The molecular formula is C24H31NO2. The number of nitrogens with zero attached hydrogens (tertiary/aromatic N) is 1. The number of allylic oxidation sites excluding steroid dienone is 1. The molecule has 2 aliphatic heterocycles. The predicted octanol–water partition coefficient (Wildman–Crippen LogP) is 4.36. The Bertz CT molecular complexity index is 784. The quantitative estimate of drug-likeness (QED) is 0.576. The summed E-state index contributed by atoms with van der Waals surface area (Å²) in [6, 6.07) is 8.72. The third-order valence-corrected chi connectivity index (χ3v) is 7.75. The third kappa shape index (κ3) is 2.95. The van der Waals surface area contributed by atoms with Crippen molar-refractivity contribution < 1.29 is 9.53 Å². The van der Waals surface area contributed by atoms with Gasteiger partial charge in [-0.2, -0.15) is 0 Å². The average Bonchev–Trinajstić information content (AvgIpc) is 2.94. The Morgan fingerprint density at radius 1 is 1.26 bits per heavy atom. The van der Waals surface area contributed by atoms with Crippen LogP contribution < -0.4 is 0 Å². The molecule has 3 nitrogen and oxygen atoms in total. The average molecular weight is 366 g/mol. The van der Waals surface area contributed by atoms with Gasteiger partial charge in [0.25, 0.3) is 0 Å². The van der Waals surface area contributed by atoms with E-state index < -0.39 is 0 Å². The molecule has 0 unspecified atom stereocenters. The molecule has 0 radical (unpaired) electrons. The molecule has 0 aromatic heterocycles. The van der Waals surface area contributed by atoms with Crippen LogP contribution in [0.25, 0.3) is 0 Å². The molecule has 2 heterocycles. The Balaban J connectivity index is 1.37. The van der Waals surface area contributed by atoms with Crippen LogP contribution in [0.5, 0.6) is 0 Å². The summed E-state index contributed by atoms with van der Waals surface area (Å²) in [6.45, 7) is 7.61. The molecule has 1 saturated carbocycles. The lowest BCUT2D eigenvalue weighted by Crippen LogP contribution is -2.41. The van der Waals surface area contributed by atoms with Gasteiger partial charge < -0.3 is 4.74 Å². The Kier molecular flexibility index (Phi) is 4.19. The lowest BCUT2D eigenvalue weighted by Gasteiger charge is -2.46. The lowest BCUT2D eigenvalue weighted by atomic mass is 9.59. The second-order valence-corrected chi connectivity index (χ2v) is 9.59. The Morgan fingerprint density at radius 3 is 2.93 bits per heavy atom. The first-order chi connectivity index (χ1) is 13.0. The Hall–Kier alpha value is -1.61. The molecule has 1 aromatic rings. The molecule has 4 aliphatic rings. The summed E-state index contributed by atoms with van der Waals surface area (Å²) < 4.78 is 5.93. The van der Waals surface area contributed by atoms with Crippen LogP contribution in [0, 0.1) is 23.2 Å². The van der Waals surface area contributed by atoms with Crippen LogP contribution in [0.2, 0.25) is 0 Å². The van der Waals surface area contributed by atoms with Crippen molar-refractivity contribution in [2.24, 2.45) is 23.2 Å². The largest absolute Gasteiger partial charge is 0.461 e. The van der Waals surface area contributed by atoms with Crippen molar-refractivity contribution in [1.82, 2.24) is 4.90 Å². The maximum atomic E-state index is 12.8. The number of rotatable bonds is 2. The zero-order valence-corrected chi connectivity index (χ0v) is 16.6. The smallest absolute Gasteiger partial charge is 0.311 e. The van der Waals surface area contributed by atoms with E-state index in [4.69, 9.17) is 4.74 Å². The summed E-state index contributed by atoms with van der Waals surface area (Å²) in [5.74, 6) is 0.975. The predicted molar refractivity (Wildman–Crippen MR) is 106 cm³/mol. The van der Waals surface area contributed by atoms with Crippen molar-refractivity contribution in [2.75, 3.05) is 13.1 Å². The van der Waals surface area contributed by atoms with Gasteiger partial charge in [-0.1, -0.05) is 56.2 Å². The van der Waals surface area contributed by atoms with Crippen molar-refractivity contribution in [1.29, 1.82) is 0 Å². The first-order valence-corrected chi connectivity index (χ1v) is 10.8. The van der Waals surface area contributed by atoms with E-state index in [-0.39, 0.29) is 29.3 Å². The highest BCUT2D eigenvalue weighted by atomic mass is 16.6. The number of hydrogen-bond donors (Lipinski definition) is 0. The fourth-order valence-corrected chi connectivity index (χ4v) is 6.25. The molecular weight excluding hydrogens is 334 g/mol. The topological polar surface area (TPSA) is 29.5 Å². The van der Waals surface area contributed by atoms with E-state index in [0.717, 1.165) is 32.5 Å². The van der Waals surface area contributed by atoms with Crippen molar-refractivity contribution >= 4 is 5.97 Å². The van der Waals surface area contributed by atoms with E-state index in [9.17, 15) is 4.79 Å².